The normalized spacial score (nSPS) is 14.6. The van der Waals surface area contributed by atoms with Crippen LogP contribution in [0.1, 0.15) is 18.5 Å². The Morgan fingerprint density at radius 3 is 3.11 bits per heavy atom. The largest absolute Gasteiger partial charge is 0.352 e. The lowest BCUT2D eigenvalue weighted by Gasteiger charge is -2.18. The van der Waals surface area contributed by atoms with Gasteiger partial charge in [-0.15, -0.1) is 0 Å². The van der Waals surface area contributed by atoms with Gasteiger partial charge in [0.25, 0.3) is 0 Å². The summed E-state index contributed by atoms with van der Waals surface area (Å²) in [5.41, 5.74) is 1.85. The van der Waals surface area contributed by atoms with Crippen molar-refractivity contribution in [2.45, 2.75) is 25.8 Å². The SMILES string of the molecule is Cc1cc2c(N(C)CC(=O)NC3CC3)nccn2n1. The Kier molecular flexibility index (Phi) is 2.85. The van der Waals surface area contributed by atoms with Crippen molar-refractivity contribution in [2.24, 2.45) is 0 Å². The number of aromatic nitrogens is 3. The highest BCUT2D eigenvalue weighted by molar-refractivity contribution is 5.83. The number of nitrogens with zero attached hydrogens (tertiary/aromatic N) is 4. The van der Waals surface area contributed by atoms with Gasteiger partial charge in [0.1, 0.15) is 5.52 Å². The molecule has 1 aliphatic carbocycles. The van der Waals surface area contributed by atoms with Gasteiger partial charge < -0.3 is 10.2 Å². The summed E-state index contributed by atoms with van der Waals surface area (Å²) in [6, 6.07) is 2.36. The van der Waals surface area contributed by atoms with Crippen molar-refractivity contribution in [3.05, 3.63) is 24.2 Å². The topological polar surface area (TPSA) is 62.5 Å². The molecule has 3 rings (SSSR count). The second-order valence-corrected chi connectivity index (χ2v) is 5.06. The number of carbonyl (C=O) groups is 1. The zero-order valence-corrected chi connectivity index (χ0v) is 11.1. The molecule has 1 fully saturated rings. The van der Waals surface area contributed by atoms with Crippen molar-refractivity contribution in [3.8, 4) is 0 Å². The third kappa shape index (κ3) is 2.52. The summed E-state index contributed by atoms with van der Waals surface area (Å²) in [5, 5.41) is 7.32. The van der Waals surface area contributed by atoms with Crippen molar-refractivity contribution in [1.82, 2.24) is 19.9 Å². The summed E-state index contributed by atoms with van der Waals surface area (Å²) in [7, 11) is 1.87. The molecule has 6 heteroatoms. The maximum atomic E-state index is 11.8. The van der Waals surface area contributed by atoms with Gasteiger partial charge in [-0.2, -0.15) is 5.10 Å². The minimum absolute atomic E-state index is 0.0463. The standard InChI is InChI=1S/C13H17N5O/c1-9-7-11-13(14-5-6-18(11)16-9)17(2)8-12(19)15-10-3-4-10/h5-7,10H,3-4,8H2,1-2H3,(H,15,19). The molecule has 19 heavy (non-hydrogen) atoms. The molecule has 0 aromatic carbocycles. The van der Waals surface area contributed by atoms with E-state index >= 15 is 0 Å². The Bertz CT molecular complexity index is 617. The van der Waals surface area contributed by atoms with E-state index in [1.54, 1.807) is 10.7 Å². The molecule has 1 N–H and O–H groups in total. The predicted molar refractivity (Wildman–Crippen MR) is 72.2 cm³/mol. The molecule has 2 heterocycles. The van der Waals surface area contributed by atoms with E-state index in [2.05, 4.69) is 15.4 Å². The second-order valence-electron chi connectivity index (χ2n) is 5.06. The Morgan fingerprint density at radius 1 is 1.58 bits per heavy atom. The third-order valence-electron chi connectivity index (χ3n) is 3.18. The molecule has 100 valence electrons. The van der Waals surface area contributed by atoms with Crippen LogP contribution in [0.5, 0.6) is 0 Å². The number of aryl methyl sites for hydroxylation is 1. The Balaban J connectivity index is 1.80. The van der Waals surface area contributed by atoms with Crippen molar-refractivity contribution >= 4 is 17.2 Å². The molecule has 1 aliphatic rings. The lowest BCUT2D eigenvalue weighted by atomic mass is 10.4. The molecule has 0 bridgehead atoms. The van der Waals surface area contributed by atoms with Crippen molar-refractivity contribution < 1.29 is 4.79 Å². The highest BCUT2D eigenvalue weighted by Crippen LogP contribution is 2.20. The Hall–Kier alpha value is -2.11. The van der Waals surface area contributed by atoms with E-state index in [1.807, 2.05) is 31.1 Å². The fraction of sp³-hybridized carbons (Fsp3) is 0.462. The Morgan fingerprint density at radius 2 is 2.37 bits per heavy atom. The molecular weight excluding hydrogens is 242 g/mol. The van der Waals surface area contributed by atoms with Gasteiger partial charge in [-0.1, -0.05) is 0 Å². The molecule has 1 amide bonds. The smallest absolute Gasteiger partial charge is 0.239 e. The molecule has 0 saturated heterocycles. The lowest BCUT2D eigenvalue weighted by Crippen LogP contribution is -2.36. The summed E-state index contributed by atoms with van der Waals surface area (Å²) in [6.45, 7) is 2.25. The molecule has 1 saturated carbocycles. The van der Waals surface area contributed by atoms with E-state index < -0.39 is 0 Å². The van der Waals surface area contributed by atoms with Gasteiger partial charge in [0.2, 0.25) is 5.91 Å². The van der Waals surface area contributed by atoms with Crippen LogP contribution in [-0.4, -0.2) is 40.1 Å². The number of hydrogen-bond acceptors (Lipinski definition) is 4. The third-order valence-corrected chi connectivity index (χ3v) is 3.18. The first-order valence-corrected chi connectivity index (χ1v) is 6.45. The zero-order chi connectivity index (χ0) is 13.4. The van der Waals surface area contributed by atoms with E-state index in [4.69, 9.17) is 0 Å². The van der Waals surface area contributed by atoms with Gasteiger partial charge in [0, 0.05) is 25.5 Å². The van der Waals surface area contributed by atoms with Crippen LogP contribution in [0.15, 0.2) is 18.5 Å². The van der Waals surface area contributed by atoms with E-state index in [0.29, 0.717) is 12.6 Å². The first-order valence-electron chi connectivity index (χ1n) is 6.45. The summed E-state index contributed by atoms with van der Waals surface area (Å²) >= 11 is 0. The van der Waals surface area contributed by atoms with Crippen LogP contribution in [-0.2, 0) is 4.79 Å². The molecule has 0 atom stereocenters. The van der Waals surface area contributed by atoms with Crippen LogP contribution >= 0.6 is 0 Å². The number of amides is 1. The molecule has 2 aromatic heterocycles. The summed E-state index contributed by atoms with van der Waals surface area (Å²) in [4.78, 5) is 18.0. The average molecular weight is 259 g/mol. The molecule has 0 radical (unpaired) electrons. The molecule has 0 aliphatic heterocycles. The zero-order valence-electron chi connectivity index (χ0n) is 11.1. The number of anilines is 1. The van der Waals surface area contributed by atoms with Crippen LogP contribution in [0.25, 0.3) is 5.52 Å². The first kappa shape index (κ1) is 12.0. The highest BCUT2D eigenvalue weighted by Gasteiger charge is 2.24. The first-order chi connectivity index (χ1) is 9.13. The summed E-state index contributed by atoms with van der Waals surface area (Å²) in [5.74, 6) is 0.819. The predicted octanol–water partition coefficient (Wildman–Crippen LogP) is 0.753. The van der Waals surface area contributed by atoms with E-state index in [9.17, 15) is 4.79 Å². The quantitative estimate of drug-likeness (QED) is 0.880. The second kappa shape index (κ2) is 4.53. The lowest BCUT2D eigenvalue weighted by molar-refractivity contribution is -0.119. The molecule has 2 aromatic rings. The number of nitrogens with one attached hydrogen (secondary N) is 1. The number of rotatable bonds is 4. The van der Waals surface area contributed by atoms with E-state index in [1.165, 1.54) is 0 Å². The molecule has 6 nitrogen and oxygen atoms in total. The van der Waals surface area contributed by atoms with Gasteiger partial charge >= 0.3 is 0 Å². The van der Waals surface area contributed by atoms with Gasteiger partial charge in [0.15, 0.2) is 5.82 Å². The Labute approximate surface area is 111 Å². The average Bonchev–Trinajstić information content (AvgIpc) is 3.06. The number of fused-ring (bicyclic) bond motifs is 1. The van der Waals surface area contributed by atoms with Crippen molar-refractivity contribution in [3.63, 3.8) is 0 Å². The maximum Gasteiger partial charge on any atom is 0.239 e. The van der Waals surface area contributed by atoms with Crippen LogP contribution in [0.4, 0.5) is 5.82 Å². The summed E-state index contributed by atoms with van der Waals surface area (Å²) in [6.07, 6.45) is 5.71. The van der Waals surface area contributed by atoms with Crippen molar-refractivity contribution in [1.29, 1.82) is 0 Å². The fourth-order valence-corrected chi connectivity index (χ4v) is 2.12. The van der Waals surface area contributed by atoms with Crippen LogP contribution in [0.2, 0.25) is 0 Å². The number of hydrogen-bond donors (Lipinski definition) is 1. The minimum atomic E-state index is 0.0463. The molecule has 0 spiro atoms. The van der Waals surface area contributed by atoms with Crippen molar-refractivity contribution in [2.75, 3.05) is 18.5 Å². The van der Waals surface area contributed by atoms with Gasteiger partial charge in [-0.3, -0.25) is 4.79 Å². The van der Waals surface area contributed by atoms with Gasteiger partial charge in [-0.25, -0.2) is 9.50 Å². The maximum absolute atomic E-state index is 11.8. The summed E-state index contributed by atoms with van der Waals surface area (Å²) < 4.78 is 1.78. The molecule has 0 unspecified atom stereocenters. The highest BCUT2D eigenvalue weighted by atomic mass is 16.2. The fourth-order valence-electron chi connectivity index (χ4n) is 2.12. The minimum Gasteiger partial charge on any atom is -0.352 e. The monoisotopic (exact) mass is 259 g/mol. The van der Waals surface area contributed by atoms with Crippen LogP contribution in [0, 0.1) is 6.92 Å². The van der Waals surface area contributed by atoms with E-state index in [-0.39, 0.29) is 5.91 Å². The number of likely N-dealkylation sites (N-methyl/N-ethyl adjacent to an activating group) is 1. The van der Waals surface area contributed by atoms with Crippen LogP contribution in [0.3, 0.4) is 0 Å². The number of carbonyl (C=O) groups excluding carboxylic acids is 1. The van der Waals surface area contributed by atoms with Crippen LogP contribution < -0.4 is 10.2 Å². The van der Waals surface area contributed by atoms with E-state index in [0.717, 1.165) is 29.9 Å². The van der Waals surface area contributed by atoms with Gasteiger partial charge in [0.05, 0.1) is 12.2 Å². The van der Waals surface area contributed by atoms with Gasteiger partial charge in [-0.05, 0) is 25.8 Å². The molecular formula is C13H17N5O.